The van der Waals surface area contributed by atoms with Crippen LogP contribution in [0.4, 0.5) is 0 Å². The molecule has 13 heavy (non-hydrogen) atoms. The zero-order chi connectivity index (χ0) is 9.42. The minimum atomic E-state index is 0.339. The van der Waals surface area contributed by atoms with Crippen LogP contribution in [0.3, 0.4) is 0 Å². The maximum atomic E-state index is 5.88. The van der Waals surface area contributed by atoms with Gasteiger partial charge in [-0.1, -0.05) is 6.92 Å². The summed E-state index contributed by atoms with van der Waals surface area (Å²) < 4.78 is 5.37. The smallest absolute Gasteiger partial charge is 0.124 e. The quantitative estimate of drug-likeness (QED) is 0.606. The molecular weight excluding hydrogens is 164 g/mol. The van der Waals surface area contributed by atoms with E-state index in [1.165, 1.54) is 5.57 Å². The molecule has 2 N–H and O–H groups in total. The lowest BCUT2D eigenvalue weighted by atomic mass is 9.95. The molecule has 2 aliphatic heterocycles. The van der Waals surface area contributed by atoms with Crippen molar-refractivity contribution >= 4 is 5.84 Å². The SMILES string of the molecule is CC1CC2=C(COC2)C(N)=N[C@@H]1C. The average Bonchev–Trinajstić information content (AvgIpc) is 2.48. The monoisotopic (exact) mass is 180 g/mol. The number of hydrogen-bond donors (Lipinski definition) is 1. The molecule has 0 amide bonds. The van der Waals surface area contributed by atoms with Crippen LogP contribution in [-0.4, -0.2) is 25.1 Å². The predicted octanol–water partition coefficient (Wildman–Crippen LogP) is 1.10. The first-order valence-electron chi connectivity index (χ1n) is 4.80. The van der Waals surface area contributed by atoms with E-state index in [2.05, 4.69) is 18.8 Å². The van der Waals surface area contributed by atoms with Crippen molar-refractivity contribution in [3.05, 3.63) is 11.1 Å². The highest BCUT2D eigenvalue weighted by atomic mass is 16.5. The number of hydrogen-bond acceptors (Lipinski definition) is 3. The maximum Gasteiger partial charge on any atom is 0.124 e. The van der Waals surface area contributed by atoms with Gasteiger partial charge in [0, 0.05) is 5.57 Å². The van der Waals surface area contributed by atoms with Crippen LogP contribution in [0.2, 0.25) is 0 Å². The summed E-state index contributed by atoms with van der Waals surface area (Å²) in [5, 5.41) is 0. The van der Waals surface area contributed by atoms with Gasteiger partial charge in [0.2, 0.25) is 0 Å². The van der Waals surface area contributed by atoms with E-state index in [9.17, 15) is 0 Å². The molecule has 0 saturated heterocycles. The Kier molecular flexibility index (Phi) is 2.12. The fourth-order valence-electron chi connectivity index (χ4n) is 1.89. The van der Waals surface area contributed by atoms with Crippen LogP contribution >= 0.6 is 0 Å². The molecule has 2 atom stereocenters. The molecule has 2 heterocycles. The van der Waals surface area contributed by atoms with Crippen molar-refractivity contribution in [3.8, 4) is 0 Å². The molecule has 0 aromatic rings. The summed E-state index contributed by atoms with van der Waals surface area (Å²) in [6.07, 6.45) is 1.08. The zero-order valence-corrected chi connectivity index (χ0v) is 8.21. The minimum Gasteiger partial charge on any atom is -0.384 e. The highest BCUT2D eigenvalue weighted by Gasteiger charge is 2.25. The third-order valence-electron chi connectivity index (χ3n) is 2.99. The van der Waals surface area contributed by atoms with Gasteiger partial charge < -0.3 is 10.5 Å². The Morgan fingerprint density at radius 1 is 1.38 bits per heavy atom. The normalized spacial score (nSPS) is 34.2. The van der Waals surface area contributed by atoms with Gasteiger partial charge in [-0.2, -0.15) is 0 Å². The lowest BCUT2D eigenvalue weighted by Gasteiger charge is -2.14. The van der Waals surface area contributed by atoms with Crippen molar-refractivity contribution in [2.75, 3.05) is 13.2 Å². The van der Waals surface area contributed by atoms with Gasteiger partial charge in [0.1, 0.15) is 5.84 Å². The van der Waals surface area contributed by atoms with Gasteiger partial charge >= 0.3 is 0 Å². The first kappa shape index (κ1) is 8.75. The molecule has 0 aromatic carbocycles. The topological polar surface area (TPSA) is 47.6 Å². The fourth-order valence-corrected chi connectivity index (χ4v) is 1.89. The van der Waals surface area contributed by atoms with E-state index >= 15 is 0 Å². The molecule has 3 heteroatoms. The van der Waals surface area contributed by atoms with Crippen LogP contribution in [-0.2, 0) is 4.74 Å². The summed E-state index contributed by atoms with van der Waals surface area (Å²) in [5.74, 6) is 1.28. The van der Waals surface area contributed by atoms with Crippen molar-refractivity contribution < 1.29 is 4.74 Å². The molecule has 2 aliphatic rings. The number of ether oxygens (including phenoxy) is 1. The second-order valence-corrected chi connectivity index (χ2v) is 4.01. The second kappa shape index (κ2) is 3.14. The summed E-state index contributed by atoms with van der Waals surface area (Å²) in [7, 11) is 0. The first-order valence-corrected chi connectivity index (χ1v) is 4.80. The van der Waals surface area contributed by atoms with E-state index in [0.717, 1.165) is 18.6 Å². The lowest BCUT2D eigenvalue weighted by molar-refractivity contribution is 0.202. The van der Waals surface area contributed by atoms with Gasteiger partial charge in [0.15, 0.2) is 0 Å². The zero-order valence-electron chi connectivity index (χ0n) is 8.21. The third kappa shape index (κ3) is 1.48. The summed E-state index contributed by atoms with van der Waals surface area (Å²) in [6, 6.07) is 0.339. The van der Waals surface area contributed by atoms with Crippen LogP contribution in [0.25, 0.3) is 0 Å². The van der Waals surface area contributed by atoms with Gasteiger partial charge in [0.25, 0.3) is 0 Å². The van der Waals surface area contributed by atoms with Crippen LogP contribution < -0.4 is 5.73 Å². The molecule has 0 spiro atoms. The molecule has 1 unspecified atom stereocenters. The van der Waals surface area contributed by atoms with E-state index in [1.54, 1.807) is 0 Å². The van der Waals surface area contributed by atoms with Crippen molar-refractivity contribution in [2.24, 2.45) is 16.6 Å². The van der Waals surface area contributed by atoms with E-state index in [-0.39, 0.29) is 0 Å². The van der Waals surface area contributed by atoms with E-state index < -0.39 is 0 Å². The molecule has 3 nitrogen and oxygen atoms in total. The Bertz CT molecular complexity index is 281. The molecule has 0 aromatic heterocycles. The van der Waals surface area contributed by atoms with Crippen LogP contribution in [0, 0.1) is 5.92 Å². The molecule has 2 rings (SSSR count). The fraction of sp³-hybridized carbons (Fsp3) is 0.700. The van der Waals surface area contributed by atoms with E-state index in [1.807, 2.05) is 0 Å². The highest BCUT2D eigenvalue weighted by molar-refractivity contribution is 5.98. The summed E-state index contributed by atoms with van der Waals surface area (Å²) >= 11 is 0. The van der Waals surface area contributed by atoms with Crippen molar-refractivity contribution in [3.63, 3.8) is 0 Å². The third-order valence-corrected chi connectivity index (χ3v) is 2.99. The van der Waals surface area contributed by atoms with Gasteiger partial charge in [-0.3, -0.25) is 4.99 Å². The number of nitrogens with zero attached hydrogens (tertiary/aromatic N) is 1. The lowest BCUT2D eigenvalue weighted by Crippen LogP contribution is -2.19. The number of nitrogens with two attached hydrogens (primary N) is 1. The molecule has 0 aliphatic carbocycles. The molecule has 0 bridgehead atoms. The predicted molar refractivity (Wildman–Crippen MR) is 52.7 cm³/mol. The largest absolute Gasteiger partial charge is 0.384 e. The molecule has 0 saturated carbocycles. The molecule has 0 fully saturated rings. The van der Waals surface area contributed by atoms with Crippen molar-refractivity contribution in [2.45, 2.75) is 26.3 Å². The standard InChI is InChI=1S/C10H16N2O/c1-6-3-8-4-13-5-9(8)10(11)12-7(6)2/h6-7H,3-5H2,1-2H3,(H2,11,12)/t6?,7-/m1/s1. The Balaban J connectivity index is 2.32. The summed E-state index contributed by atoms with van der Waals surface area (Å²) in [5.41, 5.74) is 8.39. The number of rotatable bonds is 0. The Morgan fingerprint density at radius 3 is 2.92 bits per heavy atom. The Labute approximate surface area is 78.7 Å². The molecular formula is C10H16N2O. The second-order valence-electron chi connectivity index (χ2n) is 4.01. The van der Waals surface area contributed by atoms with Crippen molar-refractivity contribution in [1.82, 2.24) is 0 Å². The summed E-state index contributed by atoms with van der Waals surface area (Å²) in [6.45, 7) is 5.75. The van der Waals surface area contributed by atoms with Gasteiger partial charge in [-0.15, -0.1) is 0 Å². The average molecular weight is 180 g/mol. The number of amidine groups is 1. The first-order chi connectivity index (χ1) is 6.18. The molecule has 72 valence electrons. The maximum absolute atomic E-state index is 5.88. The van der Waals surface area contributed by atoms with Crippen LogP contribution in [0.5, 0.6) is 0 Å². The van der Waals surface area contributed by atoms with Gasteiger partial charge in [-0.05, 0) is 24.8 Å². The van der Waals surface area contributed by atoms with Gasteiger partial charge in [0.05, 0.1) is 19.3 Å². The van der Waals surface area contributed by atoms with Gasteiger partial charge in [-0.25, -0.2) is 0 Å². The highest BCUT2D eigenvalue weighted by Crippen LogP contribution is 2.27. The van der Waals surface area contributed by atoms with E-state index in [0.29, 0.717) is 24.4 Å². The summed E-state index contributed by atoms with van der Waals surface area (Å²) in [4.78, 5) is 4.46. The van der Waals surface area contributed by atoms with E-state index in [4.69, 9.17) is 10.5 Å². The molecule has 0 radical (unpaired) electrons. The Hall–Kier alpha value is -0.830. The minimum absolute atomic E-state index is 0.339. The van der Waals surface area contributed by atoms with Crippen molar-refractivity contribution in [1.29, 1.82) is 0 Å². The van der Waals surface area contributed by atoms with Crippen LogP contribution in [0.15, 0.2) is 16.1 Å². The van der Waals surface area contributed by atoms with Crippen LogP contribution in [0.1, 0.15) is 20.3 Å². The Morgan fingerprint density at radius 2 is 2.15 bits per heavy atom. The number of aliphatic imine (C=N–C) groups is 1.